The van der Waals surface area contributed by atoms with E-state index in [1.807, 2.05) is 0 Å². The van der Waals surface area contributed by atoms with Crippen LogP contribution in [0.2, 0.25) is 0 Å². The summed E-state index contributed by atoms with van der Waals surface area (Å²) in [4.78, 5) is 55.1. The molecule has 0 radical (unpaired) electrons. The van der Waals surface area contributed by atoms with Gasteiger partial charge in [-0.1, -0.05) is 31.7 Å². The number of nitrogens with zero attached hydrogens (tertiary/aromatic N) is 2. The minimum Gasteiger partial charge on any atom is -0.494 e. The van der Waals surface area contributed by atoms with Crippen molar-refractivity contribution in [3.8, 4) is 5.75 Å². The number of nitrogens with one attached hydrogen (secondary N) is 2. The number of amides is 4. The number of carboxylic acid groups (broad SMARTS) is 1. The summed E-state index contributed by atoms with van der Waals surface area (Å²) in [6.45, 7) is 0. The third kappa shape index (κ3) is 4.72. The van der Waals surface area contributed by atoms with Gasteiger partial charge in [0.25, 0.3) is 5.91 Å². The Morgan fingerprint density at radius 1 is 1.35 bits per heavy atom. The fraction of sp³-hybridized carbons (Fsp3) is 0.409. The number of carbonyl (C=O) groups excluding carboxylic acids is 3. The molecule has 3 N–H and O–H groups in total. The standard InChI is InChI=1S/C22H23FN4O6S/c1-33-16-7-6-12(9-13(16)23)17-19(29)27(22(32)25-17)15(8-11-4-2-3-5-11)18(28)26-21-24-14(10-34-21)20(30)31/h6-7,9-11,15,17H,2-5,8H2,1H3,(H,25,32)(H,30,31)(H,24,26,28)/t15-,17?/m0/s1. The maximum atomic E-state index is 14.2. The number of thiazole rings is 1. The van der Waals surface area contributed by atoms with Gasteiger partial charge in [0.05, 0.1) is 7.11 Å². The number of carboxylic acids is 1. The zero-order valence-corrected chi connectivity index (χ0v) is 19.1. The number of aromatic nitrogens is 1. The van der Waals surface area contributed by atoms with E-state index in [1.165, 1.54) is 24.6 Å². The second kappa shape index (κ2) is 9.75. The van der Waals surface area contributed by atoms with Crippen LogP contribution in [-0.4, -0.2) is 52.0 Å². The van der Waals surface area contributed by atoms with Gasteiger partial charge in [-0.3, -0.25) is 9.59 Å². The van der Waals surface area contributed by atoms with Crippen molar-refractivity contribution in [2.75, 3.05) is 12.4 Å². The summed E-state index contributed by atoms with van der Waals surface area (Å²) in [7, 11) is 1.32. The molecule has 0 spiro atoms. The molecule has 2 aromatic rings. The highest BCUT2D eigenvalue weighted by Crippen LogP contribution is 2.33. The largest absolute Gasteiger partial charge is 0.494 e. The van der Waals surface area contributed by atoms with Crippen molar-refractivity contribution in [1.29, 1.82) is 0 Å². The van der Waals surface area contributed by atoms with E-state index in [0.29, 0.717) is 0 Å². The normalized spacial score (nSPS) is 19.2. The third-order valence-corrected chi connectivity index (χ3v) is 6.84. The highest BCUT2D eigenvalue weighted by atomic mass is 32.1. The quantitative estimate of drug-likeness (QED) is 0.483. The predicted molar refractivity (Wildman–Crippen MR) is 119 cm³/mol. The van der Waals surface area contributed by atoms with Crippen LogP contribution >= 0.6 is 11.3 Å². The maximum Gasteiger partial charge on any atom is 0.355 e. The molecule has 1 unspecified atom stereocenters. The molecule has 12 heteroatoms. The second-order valence-electron chi connectivity index (χ2n) is 8.22. The molecule has 1 aliphatic heterocycles. The molecule has 2 atom stereocenters. The second-order valence-corrected chi connectivity index (χ2v) is 9.08. The van der Waals surface area contributed by atoms with Crippen LogP contribution in [0, 0.1) is 11.7 Å². The van der Waals surface area contributed by atoms with Crippen molar-refractivity contribution in [3.63, 3.8) is 0 Å². The van der Waals surface area contributed by atoms with Crippen molar-refractivity contribution in [2.45, 2.75) is 44.2 Å². The topological polar surface area (TPSA) is 138 Å². The van der Waals surface area contributed by atoms with Crippen molar-refractivity contribution in [3.05, 3.63) is 40.7 Å². The van der Waals surface area contributed by atoms with Gasteiger partial charge in [0, 0.05) is 5.38 Å². The minimum atomic E-state index is -1.23. The number of benzene rings is 1. The molecule has 2 fully saturated rings. The summed E-state index contributed by atoms with van der Waals surface area (Å²) in [5.41, 5.74) is 0.00873. The Morgan fingerprint density at radius 2 is 2.09 bits per heavy atom. The van der Waals surface area contributed by atoms with E-state index in [0.717, 1.165) is 48.0 Å². The van der Waals surface area contributed by atoms with Gasteiger partial charge in [0.1, 0.15) is 12.1 Å². The Kier molecular flexibility index (Phi) is 6.77. The average Bonchev–Trinajstić information content (AvgIpc) is 3.54. The molecule has 2 aliphatic rings. The number of ether oxygens (including phenoxy) is 1. The minimum absolute atomic E-state index is 0.0000410. The number of hydrogen-bond acceptors (Lipinski definition) is 7. The lowest BCUT2D eigenvalue weighted by atomic mass is 9.96. The Balaban J connectivity index is 1.58. The van der Waals surface area contributed by atoms with E-state index in [1.54, 1.807) is 0 Å². The maximum absolute atomic E-state index is 14.2. The number of halogens is 1. The zero-order chi connectivity index (χ0) is 24.4. The summed E-state index contributed by atoms with van der Waals surface area (Å²) < 4.78 is 19.1. The van der Waals surface area contributed by atoms with Gasteiger partial charge in [-0.15, -0.1) is 11.3 Å². The van der Waals surface area contributed by atoms with E-state index < -0.39 is 41.7 Å². The zero-order valence-electron chi connectivity index (χ0n) is 18.2. The highest BCUT2D eigenvalue weighted by molar-refractivity contribution is 7.14. The van der Waals surface area contributed by atoms with Gasteiger partial charge in [0.15, 0.2) is 22.4 Å². The number of imide groups is 1. The first-order chi connectivity index (χ1) is 16.3. The van der Waals surface area contributed by atoms with Gasteiger partial charge < -0.3 is 20.5 Å². The smallest absolute Gasteiger partial charge is 0.355 e. The highest BCUT2D eigenvalue weighted by Gasteiger charge is 2.46. The van der Waals surface area contributed by atoms with Crippen LogP contribution in [0.15, 0.2) is 23.6 Å². The average molecular weight is 491 g/mol. The lowest BCUT2D eigenvalue weighted by Crippen LogP contribution is -2.48. The molecule has 1 aromatic heterocycles. The Bertz CT molecular complexity index is 1130. The van der Waals surface area contributed by atoms with E-state index in [-0.39, 0.29) is 34.5 Å². The Hall–Kier alpha value is -3.54. The van der Waals surface area contributed by atoms with Crippen LogP contribution in [0.1, 0.15) is 54.2 Å². The van der Waals surface area contributed by atoms with Gasteiger partial charge in [0.2, 0.25) is 5.91 Å². The van der Waals surface area contributed by atoms with Crippen molar-refractivity contribution < 1.29 is 33.4 Å². The number of carbonyl (C=O) groups is 4. The molecule has 4 amide bonds. The van der Waals surface area contributed by atoms with Crippen molar-refractivity contribution in [1.82, 2.24) is 15.2 Å². The number of aromatic carboxylic acids is 1. The van der Waals surface area contributed by atoms with E-state index in [4.69, 9.17) is 9.84 Å². The number of methoxy groups -OCH3 is 1. The first-order valence-corrected chi connectivity index (χ1v) is 11.6. The Morgan fingerprint density at radius 3 is 2.71 bits per heavy atom. The fourth-order valence-corrected chi connectivity index (χ4v) is 5.07. The number of urea groups is 1. The molecular weight excluding hydrogens is 467 g/mol. The molecular formula is C22H23FN4O6S. The molecule has 34 heavy (non-hydrogen) atoms. The number of hydrogen-bond donors (Lipinski definition) is 3. The van der Waals surface area contributed by atoms with Crippen molar-refractivity contribution >= 4 is 40.3 Å². The molecule has 4 rings (SSSR count). The fourth-order valence-electron chi connectivity index (χ4n) is 4.39. The summed E-state index contributed by atoms with van der Waals surface area (Å²) in [6.07, 6.45) is 4.02. The van der Waals surface area contributed by atoms with Crippen LogP contribution in [0.3, 0.4) is 0 Å². The monoisotopic (exact) mass is 490 g/mol. The molecule has 1 saturated heterocycles. The van der Waals surface area contributed by atoms with Crippen LogP contribution in [-0.2, 0) is 9.59 Å². The number of anilines is 1. The summed E-state index contributed by atoms with van der Waals surface area (Å²) >= 11 is 0.932. The third-order valence-electron chi connectivity index (χ3n) is 6.08. The molecule has 1 aromatic carbocycles. The van der Waals surface area contributed by atoms with Crippen LogP contribution in [0.4, 0.5) is 14.3 Å². The van der Waals surface area contributed by atoms with Gasteiger partial charge in [-0.2, -0.15) is 0 Å². The van der Waals surface area contributed by atoms with Crippen LogP contribution in [0.25, 0.3) is 0 Å². The van der Waals surface area contributed by atoms with E-state index >= 15 is 0 Å². The first-order valence-electron chi connectivity index (χ1n) is 10.7. The molecule has 1 aliphatic carbocycles. The number of rotatable bonds is 8. The lowest BCUT2D eigenvalue weighted by molar-refractivity contribution is -0.134. The SMILES string of the molecule is COc1ccc(C2NC(=O)N([C@@H](CC3CCCC3)C(=O)Nc3nc(C(=O)O)cs3)C2=O)cc1F. The Labute approximate surface area is 198 Å². The molecule has 1 saturated carbocycles. The molecule has 180 valence electrons. The van der Waals surface area contributed by atoms with E-state index in [9.17, 15) is 23.6 Å². The van der Waals surface area contributed by atoms with Gasteiger partial charge >= 0.3 is 12.0 Å². The van der Waals surface area contributed by atoms with Gasteiger partial charge in [-0.05, 0) is 30.0 Å². The summed E-state index contributed by atoms with van der Waals surface area (Å²) in [6, 6.07) is 0.919. The first kappa shape index (κ1) is 23.6. The summed E-state index contributed by atoms with van der Waals surface area (Å²) in [5.74, 6) is -3.07. The van der Waals surface area contributed by atoms with Crippen LogP contribution in [0.5, 0.6) is 5.75 Å². The lowest BCUT2D eigenvalue weighted by Gasteiger charge is -2.26. The summed E-state index contributed by atoms with van der Waals surface area (Å²) in [5, 5.41) is 15.5. The van der Waals surface area contributed by atoms with E-state index in [2.05, 4.69) is 15.6 Å². The predicted octanol–water partition coefficient (Wildman–Crippen LogP) is 3.17. The molecule has 2 heterocycles. The van der Waals surface area contributed by atoms with Crippen molar-refractivity contribution in [2.24, 2.45) is 5.92 Å². The van der Waals surface area contributed by atoms with Gasteiger partial charge in [-0.25, -0.2) is 23.9 Å². The molecule has 0 bridgehead atoms. The van der Waals surface area contributed by atoms with Crippen LogP contribution < -0.4 is 15.4 Å². The molecule has 10 nitrogen and oxygen atoms in total.